The van der Waals surface area contributed by atoms with Gasteiger partial charge in [-0.25, -0.2) is 4.98 Å². The largest absolute Gasteiger partial charge is 0.451 e. The SMILES string of the molecule is CCCC(=O)Nc1nc2ccc(NC(=O)c3cc4ccccc4o3)cc2s1. The second kappa shape index (κ2) is 7.20. The van der Waals surface area contributed by atoms with E-state index in [1.54, 1.807) is 12.1 Å². The standard InChI is InChI=1S/C20H17N3O3S/c1-2-5-18(24)23-20-22-14-9-8-13(11-17(14)27-20)21-19(25)16-10-12-6-3-4-7-15(12)26-16/h3-4,6-11H,2,5H2,1H3,(H,21,25)(H,22,23,24). The lowest BCUT2D eigenvalue weighted by Gasteiger charge is -2.02. The fraction of sp³-hybridized carbons (Fsp3) is 0.150. The van der Waals surface area contributed by atoms with Crippen LogP contribution < -0.4 is 10.6 Å². The lowest BCUT2D eigenvalue weighted by atomic mass is 10.2. The number of carbonyl (C=O) groups excluding carboxylic acids is 2. The summed E-state index contributed by atoms with van der Waals surface area (Å²) in [7, 11) is 0. The molecule has 0 unspecified atom stereocenters. The van der Waals surface area contributed by atoms with E-state index in [-0.39, 0.29) is 17.6 Å². The smallest absolute Gasteiger partial charge is 0.291 e. The van der Waals surface area contributed by atoms with E-state index in [0.29, 0.717) is 22.8 Å². The number of hydrogen-bond donors (Lipinski definition) is 2. The molecule has 2 amide bonds. The Balaban J connectivity index is 1.53. The van der Waals surface area contributed by atoms with Gasteiger partial charge in [0.1, 0.15) is 5.58 Å². The molecule has 6 nitrogen and oxygen atoms in total. The number of carbonyl (C=O) groups is 2. The number of nitrogens with one attached hydrogen (secondary N) is 2. The third-order valence-electron chi connectivity index (χ3n) is 4.02. The number of nitrogens with zero attached hydrogens (tertiary/aromatic N) is 1. The molecule has 2 heterocycles. The minimum atomic E-state index is -0.313. The molecular formula is C20H17N3O3S. The van der Waals surface area contributed by atoms with Crippen molar-refractivity contribution in [3.8, 4) is 0 Å². The van der Waals surface area contributed by atoms with E-state index in [1.165, 1.54) is 11.3 Å². The van der Waals surface area contributed by atoms with Crippen molar-refractivity contribution in [2.75, 3.05) is 10.6 Å². The van der Waals surface area contributed by atoms with Crippen LogP contribution in [0.1, 0.15) is 30.3 Å². The molecule has 136 valence electrons. The molecule has 0 bridgehead atoms. The van der Waals surface area contributed by atoms with Crippen LogP contribution in [0.5, 0.6) is 0 Å². The zero-order chi connectivity index (χ0) is 18.8. The molecule has 2 aromatic carbocycles. The summed E-state index contributed by atoms with van der Waals surface area (Å²) in [6, 6.07) is 14.6. The molecule has 0 spiro atoms. The summed E-state index contributed by atoms with van der Waals surface area (Å²) in [6.45, 7) is 1.95. The van der Waals surface area contributed by atoms with Crippen molar-refractivity contribution >= 4 is 55.2 Å². The van der Waals surface area contributed by atoms with Gasteiger partial charge in [0.05, 0.1) is 10.2 Å². The van der Waals surface area contributed by atoms with Gasteiger partial charge < -0.3 is 15.1 Å². The highest BCUT2D eigenvalue weighted by atomic mass is 32.1. The molecule has 0 aliphatic heterocycles. The number of furan rings is 1. The van der Waals surface area contributed by atoms with Crippen molar-refractivity contribution in [3.63, 3.8) is 0 Å². The van der Waals surface area contributed by atoms with Crippen LogP contribution in [0.25, 0.3) is 21.2 Å². The molecular weight excluding hydrogens is 362 g/mol. The first-order valence-corrected chi connectivity index (χ1v) is 9.44. The number of fused-ring (bicyclic) bond motifs is 2. The van der Waals surface area contributed by atoms with Gasteiger partial charge in [0, 0.05) is 17.5 Å². The molecule has 0 radical (unpaired) electrons. The summed E-state index contributed by atoms with van der Waals surface area (Å²) in [5.41, 5.74) is 2.09. The summed E-state index contributed by atoms with van der Waals surface area (Å²) < 4.78 is 6.47. The predicted molar refractivity (Wildman–Crippen MR) is 107 cm³/mol. The van der Waals surface area contributed by atoms with Crippen molar-refractivity contribution in [1.82, 2.24) is 4.98 Å². The molecule has 0 aliphatic rings. The van der Waals surface area contributed by atoms with Crippen LogP contribution in [0, 0.1) is 0 Å². The number of aromatic nitrogens is 1. The number of anilines is 2. The molecule has 0 atom stereocenters. The molecule has 0 saturated carbocycles. The van der Waals surface area contributed by atoms with Crippen LogP contribution in [0.3, 0.4) is 0 Å². The molecule has 0 aliphatic carbocycles. The van der Waals surface area contributed by atoms with Crippen molar-refractivity contribution in [2.45, 2.75) is 19.8 Å². The quantitative estimate of drug-likeness (QED) is 0.509. The van der Waals surface area contributed by atoms with Crippen LogP contribution >= 0.6 is 11.3 Å². The first kappa shape index (κ1) is 17.2. The maximum Gasteiger partial charge on any atom is 0.291 e. The molecule has 0 fully saturated rings. The third kappa shape index (κ3) is 3.68. The number of hydrogen-bond acceptors (Lipinski definition) is 5. The summed E-state index contributed by atoms with van der Waals surface area (Å²) >= 11 is 1.37. The Hall–Kier alpha value is -3.19. The third-order valence-corrected chi connectivity index (χ3v) is 4.95. The normalized spacial score (nSPS) is 11.0. The number of benzene rings is 2. The van der Waals surface area contributed by atoms with Crippen molar-refractivity contribution < 1.29 is 14.0 Å². The maximum atomic E-state index is 12.5. The highest BCUT2D eigenvalue weighted by Crippen LogP contribution is 2.29. The maximum absolute atomic E-state index is 12.5. The Morgan fingerprint density at radius 1 is 1.11 bits per heavy atom. The zero-order valence-corrected chi connectivity index (χ0v) is 15.4. The highest BCUT2D eigenvalue weighted by Gasteiger charge is 2.13. The summed E-state index contributed by atoms with van der Waals surface area (Å²) in [6.07, 6.45) is 1.25. The van der Waals surface area contributed by atoms with Gasteiger partial charge in [-0.15, -0.1) is 0 Å². The fourth-order valence-corrected chi connectivity index (χ4v) is 3.67. The minimum Gasteiger partial charge on any atom is -0.451 e. The van der Waals surface area contributed by atoms with E-state index < -0.39 is 0 Å². The van der Waals surface area contributed by atoms with Gasteiger partial charge in [0.2, 0.25) is 5.91 Å². The second-order valence-electron chi connectivity index (χ2n) is 6.10. The molecule has 7 heteroatoms. The van der Waals surface area contributed by atoms with Gasteiger partial charge in [-0.2, -0.15) is 0 Å². The van der Waals surface area contributed by atoms with E-state index in [2.05, 4.69) is 15.6 Å². The van der Waals surface area contributed by atoms with Gasteiger partial charge in [-0.05, 0) is 36.8 Å². The van der Waals surface area contributed by atoms with Crippen LogP contribution in [-0.2, 0) is 4.79 Å². The Bertz CT molecular complexity index is 1110. The molecule has 4 aromatic rings. The topological polar surface area (TPSA) is 84.2 Å². The van der Waals surface area contributed by atoms with Gasteiger partial charge in [0.25, 0.3) is 5.91 Å². The van der Waals surface area contributed by atoms with E-state index in [4.69, 9.17) is 4.42 Å². The van der Waals surface area contributed by atoms with Gasteiger partial charge in [-0.3, -0.25) is 9.59 Å². The van der Waals surface area contributed by atoms with E-state index in [0.717, 1.165) is 22.0 Å². The molecule has 4 rings (SSSR count). The van der Waals surface area contributed by atoms with Gasteiger partial charge in [0.15, 0.2) is 10.9 Å². The number of rotatable bonds is 5. The van der Waals surface area contributed by atoms with E-state index in [1.807, 2.05) is 43.3 Å². The van der Waals surface area contributed by atoms with Gasteiger partial charge >= 0.3 is 0 Å². The number of para-hydroxylation sites is 1. The lowest BCUT2D eigenvalue weighted by Crippen LogP contribution is -2.10. The molecule has 2 N–H and O–H groups in total. The Morgan fingerprint density at radius 3 is 2.78 bits per heavy atom. The van der Waals surface area contributed by atoms with E-state index >= 15 is 0 Å². The average Bonchev–Trinajstić information content (AvgIpc) is 3.24. The van der Waals surface area contributed by atoms with Crippen molar-refractivity contribution in [3.05, 3.63) is 54.3 Å². The lowest BCUT2D eigenvalue weighted by molar-refractivity contribution is -0.116. The number of thiazole rings is 1. The first-order valence-electron chi connectivity index (χ1n) is 8.63. The van der Waals surface area contributed by atoms with Crippen LogP contribution in [-0.4, -0.2) is 16.8 Å². The summed E-state index contributed by atoms with van der Waals surface area (Å²) in [5, 5.41) is 7.08. The van der Waals surface area contributed by atoms with E-state index in [9.17, 15) is 9.59 Å². The van der Waals surface area contributed by atoms with Crippen LogP contribution in [0.2, 0.25) is 0 Å². The van der Waals surface area contributed by atoms with Crippen molar-refractivity contribution in [1.29, 1.82) is 0 Å². The van der Waals surface area contributed by atoms with Crippen LogP contribution in [0.15, 0.2) is 52.9 Å². The van der Waals surface area contributed by atoms with Gasteiger partial charge in [-0.1, -0.05) is 36.5 Å². The first-order chi connectivity index (χ1) is 13.1. The second-order valence-corrected chi connectivity index (χ2v) is 7.13. The average molecular weight is 379 g/mol. The minimum absolute atomic E-state index is 0.0463. The molecule has 2 aromatic heterocycles. The predicted octanol–water partition coefficient (Wildman–Crippen LogP) is 5.03. The Morgan fingerprint density at radius 2 is 1.96 bits per heavy atom. The molecule has 27 heavy (non-hydrogen) atoms. The van der Waals surface area contributed by atoms with Crippen LogP contribution in [0.4, 0.5) is 10.8 Å². The summed E-state index contributed by atoms with van der Waals surface area (Å²) in [5.74, 6) is -0.102. The molecule has 0 saturated heterocycles. The summed E-state index contributed by atoms with van der Waals surface area (Å²) in [4.78, 5) is 28.6. The number of amides is 2. The Labute approximate surface area is 159 Å². The monoisotopic (exact) mass is 379 g/mol. The van der Waals surface area contributed by atoms with Crippen molar-refractivity contribution in [2.24, 2.45) is 0 Å². The highest BCUT2D eigenvalue weighted by molar-refractivity contribution is 7.22. The fourth-order valence-electron chi connectivity index (χ4n) is 2.75. The zero-order valence-electron chi connectivity index (χ0n) is 14.6. The Kier molecular flexibility index (Phi) is 4.60.